The Labute approximate surface area is 407 Å². The highest BCUT2D eigenvalue weighted by Gasteiger charge is 2.24. The van der Waals surface area contributed by atoms with Gasteiger partial charge in [0.05, 0.1) is 25.2 Å². The zero-order valence-electron chi connectivity index (χ0n) is 42.8. The molecule has 0 aliphatic heterocycles. The number of rotatable bonds is 47. The van der Waals surface area contributed by atoms with Crippen molar-refractivity contribution in [1.82, 2.24) is 5.32 Å². The fourth-order valence-electron chi connectivity index (χ4n) is 7.65. The van der Waals surface area contributed by atoms with Crippen LogP contribution in [0.4, 0.5) is 0 Å². The van der Waals surface area contributed by atoms with Gasteiger partial charge in [-0.2, -0.15) is 0 Å². The number of carbonyl (C=O) groups is 2. The summed E-state index contributed by atoms with van der Waals surface area (Å²) in [5.74, 6) is -0.564. The third kappa shape index (κ3) is 47.0. The Kier molecular flexibility index (Phi) is 49.7. The number of carbonyl (C=O) groups excluding carboxylic acids is 2. The summed E-state index contributed by atoms with van der Waals surface area (Å²) in [4.78, 5) is 26.2. The van der Waals surface area contributed by atoms with Gasteiger partial charge in [-0.25, -0.2) is 0 Å². The second kappa shape index (κ2) is 52.5. The normalized spacial score (nSPS) is 14.1. The average Bonchev–Trinajstić information content (AvgIpc) is 3.31. The van der Waals surface area contributed by atoms with Crippen molar-refractivity contribution in [3.8, 4) is 0 Å². The molecule has 0 aromatic heterocycles. The molecule has 3 N–H and O–H groups in total. The van der Waals surface area contributed by atoms with Crippen molar-refractivity contribution in [2.45, 2.75) is 251 Å². The third-order valence-corrected chi connectivity index (χ3v) is 11.7. The molecule has 0 aliphatic carbocycles. The zero-order chi connectivity index (χ0) is 48.1. The van der Waals surface area contributed by atoms with E-state index in [1.807, 2.05) is 18.2 Å². The van der Waals surface area contributed by atoms with Gasteiger partial charge in [0.2, 0.25) is 5.91 Å². The predicted octanol–water partition coefficient (Wildman–Crippen LogP) is 16.7. The summed E-state index contributed by atoms with van der Waals surface area (Å²) in [6, 6.07) is -0.733. The first-order chi connectivity index (χ1) is 32.5. The van der Waals surface area contributed by atoms with Crippen LogP contribution >= 0.6 is 0 Å². The molecule has 6 heteroatoms. The van der Waals surface area contributed by atoms with Crippen molar-refractivity contribution in [3.63, 3.8) is 0 Å². The average molecular weight is 916 g/mol. The maximum atomic E-state index is 13.2. The Morgan fingerprint density at radius 3 is 1.44 bits per heavy atom. The number of aliphatic hydroxyl groups is 2. The molecule has 376 valence electrons. The highest BCUT2D eigenvalue weighted by molar-refractivity contribution is 5.77. The van der Waals surface area contributed by atoms with E-state index in [0.717, 1.165) is 109 Å². The lowest BCUT2D eigenvalue weighted by molar-refractivity contribution is -0.151. The van der Waals surface area contributed by atoms with Gasteiger partial charge in [0.25, 0.3) is 0 Å². The largest absolute Gasteiger partial charge is 0.462 e. The Morgan fingerprint density at radius 1 is 0.470 bits per heavy atom. The number of ether oxygens (including phenoxy) is 1. The maximum absolute atomic E-state index is 13.2. The predicted molar refractivity (Wildman–Crippen MR) is 287 cm³/mol. The number of nitrogens with one attached hydrogen (secondary N) is 1. The van der Waals surface area contributed by atoms with Gasteiger partial charge in [-0.15, -0.1) is 0 Å². The molecular weight excluding hydrogens is 815 g/mol. The number of unbranched alkanes of at least 4 members (excludes halogenated alkanes) is 20. The van der Waals surface area contributed by atoms with Crippen LogP contribution in [0.15, 0.2) is 109 Å². The molecule has 0 heterocycles. The van der Waals surface area contributed by atoms with Crippen molar-refractivity contribution in [2.75, 3.05) is 6.61 Å². The van der Waals surface area contributed by atoms with Gasteiger partial charge >= 0.3 is 5.97 Å². The van der Waals surface area contributed by atoms with Gasteiger partial charge in [0.1, 0.15) is 6.10 Å². The van der Waals surface area contributed by atoms with Gasteiger partial charge in [-0.3, -0.25) is 9.59 Å². The van der Waals surface area contributed by atoms with Crippen LogP contribution in [-0.2, 0) is 14.3 Å². The Morgan fingerprint density at radius 2 is 0.909 bits per heavy atom. The van der Waals surface area contributed by atoms with Crippen LogP contribution in [0.2, 0.25) is 0 Å². The van der Waals surface area contributed by atoms with Gasteiger partial charge < -0.3 is 20.3 Å². The minimum atomic E-state index is -0.814. The van der Waals surface area contributed by atoms with E-state index >= 15 is 0 Å². The monoisotopic (exact) mass is 916 g/mol. The van der Waals surface area contributed by atoms with E-state index in [9.17, 15) is 19.8 Å². The van der Waals surface area contributed by atoms with Gasteiger partial charge in [-0.05, 0) is 83.5 Å². The molecule has 0 rings (SSSR count). The minimum Gasteiger partial charge on any atom is -0.462 e. The number of aliphatic hydroxyl groups excluding tert-OH is 2. The van der Waals surface area contributed by atoms with E-state index in [2.05, 4.69) is 117 Å². The topological polar surface area (TPSA) is 95.9 Å². The molecule has 0 radical (unpaired) electrons. The lowest BCUT2D eigenvalue weighted by Gasteiger charge is -2.24. The van der Waals surface area contributed by atoms with E-state index in [4.69, 9.17) is 4.74 Å². The first-order valence-corrected chi connectivity index (χ1v) is 27.2. The molecule has 3 unspecified atom stereocenters. The molecule has 0 aromatic carbocycles. The summed E-state index contributed by atoms with van der Waals surface area (Å²) in [7, 11) is 0. The van der Waals surface area contributed by atoms with E-state index < -0.39 is 18.2 Å². The standard InChI is InChI=1S/C60H101NO5/c1-4-7-10-13-16-19-22-25-28-29-32-33-36-39-42-45-48-51-56(66-60(65)53-50-47-44-41-38-35-31-27-24-21-18-15-12-9-6-3)54-59(64)61-57(55-62)58(63)52-49-46-43-40-37-34-30-26-23-20-17-14-11-8-5-2/h7,9-10,12,15-16,18-19,21,24-25,27-28,31-33,39,42,56-58,62-63H,4-6,8,11,13-14,17,20,22-23,26,29-30,34-38,40-41,43-55H2,1-3H3,(H,61,64)/b10-7-,12-9+,18-15+,19-16-,24-21+,28-25-,31-27-,33-32-,42-39-. The molecular formula is C60H101NO5. The number of amides is 1. The van der Waals surface area contributed by atoms with Crippen LogP contribution in [0.5, 0.6) is 0 Å². The quantitative estimate of drug-likeness (QED) is 0.0245. The number of allylic oxidation sites excluding steroid dienone is 18. The molecule has 3 atom stereocenters. The SMILES string of the molecule is CC/C=C\C/C=C\C/C=C\C/C=C\C/C=C\CCCC(CC(=O)NC(CO)C(O)CCCCCCCCCCCCCCCCC)OC(=O)CCCCCCC\C=C/C=C/C=C/C=C/CC. The second-order valence-electron chi connectivity index (χ2n) is 18.0. The van der Waals surface area contributed by atoms with Crippen LogP contribution in [0, 0.1) is 0 Å². The molecule has 6 nitrogen and oxygen atoms in total. The summed E-state index contributed by atoms with van der Waals surface area (Å²) in [5, 5.41) is 23.8. The van der Waals surface area contributed by atoms with Crippen molar-refractivity contribution < 1.29 is 24.5 Å². The van der Waals surface area contributed by atoms with Gasteiger partial charge in [-0.1, -0.05) is 246 Å². The highest BCUT2D eigenvalue weighted by atomic mass is 16.5. The van der Waals surface area contributed by atoms with Gasteiger partial charge in [0.15, 0.2) is 0 Å². The Hall–Kier alpha value is -3.48. The first kappa shape index (κ1) is 62.5. The van der Waals surface area contributed by atoms with E-state index in [-0.39, 0.29) is 24.9 Å². The number of hydrogen-bond donors (Lipinski definition) is 3. The molecule has 0 fully saturated rings. The van der Waals surface area contributed by atoms with Crippen molar-refractivity contribution in [1.29, 1.82) is 0 Å². The molecule has 0 aliphatic rings. The van der Waals surface area contributed by atoms with Crippen molar-refractivity contribution in [3.05, 3.63) is 109 Å². The summed E-state index contributed by atoms with van der Waals surface area (Å²) in [6.07, 6.45) is 71.5. The number of esters is 1. The molecule has 1 amide bonds. The molecule has 66 heavy (non-hydrogen) atoms. The molecule has 0 saturated heterocycles. The Balaban J connectivity index is 4.74. The van der Waals surface area contributed by atoms with Crippen molar-refractivity contribution in [2.24, 2.45) is 0 Å². The summed E-state index contributed by atoms with van der Waals surface area (Å²) in [5.41, 5.74) is 0. The lowest BCUT2D eigenvalue weighted by atomic mass is 10.0. The molecule has 0 saturated carbocycles. The first-order valence-electron chi connectivity index (χ1n) is 27.2. The summed E-state index contributed by atoms with van der Waals surface area (Å²) >= 11 is 0. The molecule has 0 bridgehead atoms. The summed E-state index contributed by atoms with van der Waals surface area (Å²) < 4.78 is 5.91. The lowest BCUT2D eigenvalue weighted by Crippen LogP contribution is -2.46. The van der Waals surface area contributed by atoms with E-state index in [1.54, 1.807) is 0 Å². The summed E-state index contributed by atoms with van der Waals surface area (Å²) in [6.45, 7) is 6.21. The van der Waals surface area contributed by atoms with E-state index in [0.29, 0.717) is 19.3 Å². The fraction of sp³-hybridized carbons (Fsp3) is 0.667. The van der Waals surface area contributed by atoms with Gasteiger partial charge in [0, 0.05) is 6.42 Å². The fourth-order valence-corrected chi connectivity index (χ4v) is 7.65. The highest BCUT2D eigenvalue weighted by Crippen LogP contribution is 2.17. The number of hydrogen-bond acceptors (Lipinski definition) is 5. The van der Waals surface area contributed by atoms with Crippen LogP contribution in [0.25, 0.3) is 0 Å². The minimum absolute atomic E-state index is 0.0223. The Bertz CT molecular complexity index is 1350. The zero-order valence-corrected chi connectivity index (χ0v) is 42.8. The third-order valence-electron chi connectivity index (χ3n) is 11.7. The second-order valence-corrected chi connectivity index (χ2v) is 18.0. The van der Waals surface area contributed by atoms with Crippen LogP contribution in [0.3, 0.4) is 0 Å². The smallest absolute Gasteiger partial charge is 0.306 e. The van der Waals surface area contributed by atoms with Crippen LogP contribution in [-0.4, -0.2) is 46.9 Å². The van der Waals surface area contributed by atoms with E-state index in [1.165, 1.54) is 77.0 Å². The van der Waals surface area contributed by atoms with Crippen LogP contribution < -0.4 is 5.32 Å². The molecule has 0 aromatic rings. The van der Waals surface area contributed by atoms with Crippen molar-refractivity contribution >= 4 is 11.9 Å². The maximum Gasteiger partial charge on any atom is 0.306 e. The van der Waals surface area contributed by atoms with Crippen LogP contribution in [0.1, 0.15) is 233 Å². The molecule has 0 spiro atoms.